The molecule has 0 aromatic rings. The number of hydrogen-bond donors (Lipinski definition) is 0. The molecule has 0 aliphatic heterocycles. The second-order valence-corrected chi connectivity index (χ2v) is 1.72. The monoisotopic (exact) mass is 114 g/mol. The molecule has 0 saturated carbocycles. The molecule has 0 radical (unpaired) electrons. The summed E-state index contributed by atoms with van der Waals surface area (Å²) < 4.78 is 4.52. The average molecular weight is 114 g/mol. The first kappa shape index (κ1) is 7.21. The number of ether oxygens (including phenoxy) is 1. The number of hydrogen-bond acceptors (Lipinski definition) is 2. The third kappa shape index (κ3) is 2.39. The first-order valence-corrected chi connectivity index (χ1v) is 2.43. The van der Waals surface area contributed by atoms with E-state index >= 15 is 0 Å². The smallest absolute Gasteiger partial charge is 0.293 e. The molecular weight excluding hydrogens is 104 g/mol. The highest BCUT2D eigenvalue weighted by atomic mass is 16.5. The van der Waals surface area contributed by atoms with E-state index in [0.717, 1.165) is 5.57 Å². The fraction of sp³-hybridized carbons (Fsp3) is 0.500. The van der Waals surface area contributed by atoms with Crippen LogP contribution in [0.5, 0.6) is 0 Å². The van der Waals surface area contributed by atoms with E-state index in [1.165, 1.54) is 0 Å². The molecule has 0 amide bonds. The molecule has 0 aliphatic carbocycles. The minimum absolute atomic E-state index is 0.146. The van der Waals surface area contributed by atoms with E-state index in [9.17, 15) is 4.79 Å². The van der Waals surface area contributed by atoms with Crippen LogP contribution in [0.2, 0.25) is 0 Å². The predicted octanol–water partition coefficient (Wildman–Crippen LogP) is 1.12. The van der Waals surface area contributed by atoms with Crippen molar-refractivity contribution in [1.29, 1.82) is 0 Å². The largest absolute Gasteiger partial charge is 0.460 e. The van der Waals surface area contributed by atoms with Crippen LogP contribution >= 0.6 is 0 Å². The van der Waals surface area contributed by atoms with Gasteiger partial charge in [-0.1, -0.05) is 6.58 Å². The maximum Gasteiger partial charge on any atom is 0.293 e. The lowest BCUT2D eigenvalue weighted by molar-refractivity contribution is -0.131. The fourth-order valence-electron chi connectivity index (χ4n) is 0.199. The molecule has 0 bridgehead atoms. The van der Waals surface area contributed by atoms with E-state index in [0.29, 0.717) is 6.47 Å². The van der Waals surface area contributed by atoms with Gasteiger partial charge in [-0.2, -0.15) is 0 Å². The Morgan fingerprint density at radius 1 is 1.88 bits per heavy atom. The van der Waals surface area contributed by atoms with Gasteiger partial charge in [-0.05, 0) is 19.4 Å². The van der Waals surface area contributed by atoms with Crippen molar-refractivity contribution in [2.24, 2.45) is 0 Å². The molecule has 0 rings (SSSR count). The molecule has 0 N–H and O–H groups in total. The van der Waals surface area contributed by atoms with Gasteiger partial charge in [-0.15, -0.1) is 0 Å². The molecule has 46 valence electrons. The third-order valence-corrected chi connectivity index (χ3v) is 0.954. The van der Waals surface area contributed by atoms with E-state index in [1.54, 1.807) is 6.92 Å². The molecule has 8 heavy (non-hydrogen) atoms. The van der Waals surface area contributed by atoms with Gasteiger partial charge < -0.3 is 4.74 Å². The average Bonchev–Trinajstić information content (AvgIpc) is 1.67. The first-order chi connectivity index (χ1) is 3.68. The van der Waals surface area contributed by atoms with Crippen molar-refractivity contribution in [2.45, 2.75) is 20.0 Å². The Morgan fingerprint density at radius 3 is 2.50 bits per heavy atom. The minimum Gasteiger partial charge on any atom is -0.460 e. The van der Waals surface area contributed by atoms with Gasteiger partial charge in [0.1, 0.15) is 6.10 Å². The molecular formula is C6H10O2. The number of rotatable bonds is 3. The molecule has 1 atom stereocenters. The molecule has 0 heterocycles. The Morgan fingerprint density at radius 2 is 2.38 bits per heavy atom. The highest BCUT2D eigenvalue weighted by molar-refractivity contribution is 5.38. The molecule has 2 heteroatoms. The topological polar surface area (TPSA) is 26.3 Å². The first-order valence-electron chi connectivity index (χ1n) is 2.43. The van der Waals surface area contributed by atoms with Crippen LogP contribution in [-0.4, -0.2) is 12.6 Å². The second-order valence-electron chi connectivity index (χ2n) is 1.72. The van der Waals surface area contributed by atoms with Gasteiger partial charge in [0.25, 0.3) is 6.47 Å². The predicted molar refractivity (Wildman–Crippen MR) is 31.4 cm³/mol. The lowest BCUT2D eigenvalue weighted by atomic mass is 10.2. The van der Waals surface area contributed by atoms with Crippen molar-refractivity contribution in [3.05, 3.63) is 12.2 Å². The Hall–Kier alpha value is -0.790. The lowest BCUT2D eigenvalue weighted by Gasteiger charge is -2.06. The summed E-state index contributed by atoms with van der Waals surface area (Å²) in [7, 11) is 0. The van der Waals surface area contributed by atoms with Gasteiger partial charge in [0.15, 0.2) is 0 Å². The van der Waals surface area contributed by atoms with E-state index in [4.69, 9.17) is 0 Å². The number of carbonyl (C=O) groups is 1. The van der Waals surface area contributed by atoms with E-state index < -0.39 is 0 Å². The number of carbonyl (C=O) groups excluding carboxylic acids is 1. The normalized spacial score (nSPS) is 12.2. The van der Waals surface area contributed by atoms with Crippen molar-refractivity contribution in [2.75, 3.05) is 0 Å². The van der Waals surface area contributed by atoms with E-state index in [1.807, 2.05) is 6.92 Å². The molecule has 1 unspecified atom stereocenters. The molecule has 2 nitrogen and oxygen atoms in total. The summed E-state index contributed by atoms with van der Waals surface area (Å²) in [6.45, 7) is 7.61. The molecule has 0 aliphatic rings. The summed E-state index contributed by atoms with van der Waals surface area (Å²) >= 11 is 0. The zero-order valence-corrected chi connectivity index (χ0v) is 5.18. The van der Waals surface area contributed by atoms with Crippen molar-refractivity contribution < 1.29 is 9.53 Å². The fourth-order valence-corrected chi connectivity index (χ4v) is 0.199. The molecule has 0 aromatic carbocycles. The molecule has 0 saturated heterocycles. The third-order valence-electron chi connectivity index (χ3n) is 0.954. The van der Waals surface area contributed by atoms with Gasteiger partial charge in [0.2, 0.25) is 0 Å². The van der Waals surface area contributed by atoms with E-state index in [-0.39, 0.29) is 6.10 Å². The van der Waals surface area contributed by atoms with Crippen molar-refractivity contribution in [3.8, 4) is 0 Å². The lowest BCUT2D eigenvalue weighted by Crippen LogP contribution is -2.06. The standard InChI is InChI=1S/C6H10O2/c1-5(2)6(3)8-4-7/h4,6H,1H2,2-3H3. The van der Waals surface area contributed by atoms with Gasteiger partial charge in [-0.3, -0.25) is 4.79 Å². The molecule has 0 spiro atoms. The zero-order chi connectivity index (χ0) is 6.57. The van der Waals surface area contributed by atoms with Gasteiger partial charge >= 0.3 is 0 Å². The summed E-state index contributed by atoms with van der Waals surface area (Å²) in [6, 6.07) is 0. The highest BCUT2D eigenvalue weighted by Crippen LogP contribution is 1.98. The van der Waals surface area contributed by atoms with Crippen LogP contribution in [0, 0.1) is 0 Å². The van der Waals surface area contributed by atoms with Crippen LogP contribution in [0.25, 0.3) is 0 Å². The Labute approximate surface area is 49.1 Å². The van der Waals surface area contributed by atoms with Crippen LogP contribution < -0.4 is 0 Å². The van der Waals surface area contributed by atoms with Crippen molar-refractivity contribution in [3.63, 3.8) is 0 Å². The quantitative estimate of drug-likeness (QED) is 0.406. The summed E-state index contributed by atoms with van der Waals surface area (Å²) in [4.78, 5) is 9.66. The molecule has 0 fully saturated rings. The van der Waals surface area contributed by atoms with Crippen LogP contribution in [0.15, 0.2) is 12.2 Å². The van der Waals surface area contributed by atoms with Crippen LogP contribution in [-0.2, 0) is 9.53 Å². The summed E-state index contributed by atoms with van der Waals surface area (Å²) in [6.07, 6.45) is -0.146. The maximum atomic E-state index is 9.66. The maximum absolute atomic E-state index is 9.66. The second kappa shape index (κ2) is 3.24. The summed E-state index contributed by atoms with van der Waals surface area (Å²) in [5.41, 5.74) is 0.858. The van der Waals surface area contributed by atoms with Gasteiger partial charge in [0.05, 0.1) is 0 Å². The van der Waals surface area contributed by atoms with Crippen molar-refractivity contribution in [1.82, 2.24) is 0 Å². The summed E-state index contributed by atoms with van der Waals surface area (Å²) in [5, 5.41) is 0. The Bertz CT molecular complexity index is 96.7. The summed E-state index contributed by atoms with van der Waals surface area (Å²) in [5.74, 6) is 0. The van der Waals surface area contributed by atoms with Crippen molar-refractivity contribution >= 4 is 6.47 Å². The SMILES string of the molecule is C=C(C)C(C)OC=O. The minimum atomic E-state index is -0.146. The van der Waals surface area contributed by atoms with Crippen LogP contribution in [0.4, 0.5) is 0 Å². The Balaban J connectivity index is 3.46. The van der Waals surface area contributed by atoms with Gasteiger partial charge in [0, 0.05) is 0 Å². The Kier molecular flexibility index (Phi) is 2.92. The van der Waals surface area contributed by atoms with E-state index in [2.05, 4.69) is 11.3 Å². The highest BCUT2D eigenvalue weighted by Gasteiger charge is 1.98. The van der Waals surface area contributed by atoms with Gasteiger partial charge in [-0.25, -0.2) is 0 Å². The zero-order valence-electron chi connectivity index (χ0n) is 5.18. The van der Waals surface area contributed by atoms with Crippen LogP contribution in [0.1, 0.15) is 13.8 Å². The molecule has 0 aromatic heterocycles. The van der Waals surface area contributed by atoms with Crippen LogP contribution in [0.3, 0.4) is 0 Å².